The average Bonchev–Trinajstić information content (AvgIpc) is 2.35. The van der Waals surface area contributed by atoms with Gasteiger partial charge in [0.05, 0.1) is 20.3 Å². The van der Waals surface area contributed by atoms with E-state index in [1.54, 1.807) is 13.2 Å². The number of aldehydes is 1. The van der Waals surface area contributed by atoms with E-state index in [1.807, 2.05) is 18.4 Å². The van der Waals surface area contributed by atoms with Gasteiger partial charge in [-0.25, -0.2) is 0 Å². The number of carbonyl (C=O) groups is 1. The van der Waals surface area contributed by atoms with Gasteiger partial charge in [0.2, 0.25) is 0 Å². The third kappa shape index (κ3) is 4.87. The van der Waals surface area contributed by atoms with Crippen LogP contribution in [0.5, 0.6) is 0 Å². The predicted molar refractivity (Wildman–Crippen MR) is 66.4 cm³/mol. The molecule has 1 aliphatic heterocycles. The molecule has 0 aliphatic carbocycles. The molecule has 1 heterocycles. The lowest BCUT2D eigenvalue weighted by molar-refractivity contribution is -0.104. The van der Waals surface area contributed by atoms with Gasteiger partial charge >= 0.3 is 0 Å². The van der Waals surface area contributed by atoms with E-state index in [9.17, 15) is 4.79 Å². The first kappa shape index (κ1) is 13.5. The van der Waals surface area contributed by atoms with Gasteiger partial charge in [0.25, 0.3) is 0 Å². The number of hydrogen-bond acceptors (Lipinski definition) is 4. The Labute approximate surface area is 102 Å². The van der Waals surface area contributed by atoms with Crippen LogP contribution in [0.4, 0.5) is 0 Å². The third-order valence-corrected chi connectivity index (χ3v) is 2.53. The lowest BCUT2D eigenvalue weighted by Crippen LogP contribution is -2.39. The minimum absolute atomic E-state index is 0.393. The molecule has 0 aromatic carbocycles. The maximum absolute atomic E-state index is 10.2. The van der Waals surface area contributed by atoms with Gasteiger partial charge in [0.1, 0.15) is 12.0 Å². The van der Waals surface area contributed by atoms with Crippen molar-refractivity contribution in [1.29, 1.82) is 0 Å². The number of rotatable bonds is 5. The Morgan fingerprint density at radius 2 is 2.29 bits per heavy atom. The van der Waals surface area contributed by atoms with Gasteiger partial charge < -0.3 is 14.4 Å². The van der Waals surface area contributed by atoms with Crippen LogP contribution in [-0.2, 0) is 14.3 Å². The van der Waals surface area contributed by atoms with Crippen LogP contribution < -0.4 is 0 Å². The Hall–Kier alpha value is -1.55. The molecule has 17 heavy (non-hydrogen) atoms. The highest BCUT2D eigenvalue weighted by molar-refractivity contribution is 5.65. The predicted octanol–water partition coefficient (Wildman–Crippen LogP) is 1.51. The Bertz CT molecular complexity index is 321. The molecule has 0 aromatic rings. The smallest absolute Gasteiger partial charge is 0.142 e. The van der Waals surface area contributed by atoms with Gasteiger partial charge in [0, 0.05) is 12.6 Å². The van der Waals surface area contributed by atoms with Gasteiger partial charge in [-0.2, -0.15) is 0 Å². The largest absolute Gasteiger partial charge is 0.497 e. The highest BCUT2D eigenvalue weighted by atomic mass is 16.5. The third-order valence-electron chi connectivity index (χ3n) is 2.53. The first-order valence-electron chi connectivity index (χ1n) is 5.65. The summed E-state index contributed by atoms with van der Waals surface area (Å²) in [4.78, 5) is 12.4. The SMILES string of the molecule is COC(/C=C/C=O)=C/C=C\N1CCOC[C@@H]1C. The fraction of sp³-hybridized carbons (Fsp3) is 0.462. The summed E-state index contributed by atoms with van der Waals surface area (Å²) in [6.45, 7) is 4.55. The first-order valence-corrected chi connectivity index (χ1v) is 5.65. The van der Waals surface area contributed by atoms with Crippen molar-refractivity contribution >= 4 is 6.29 Å². The molecular weight excluding hydrogens is 218 g/mol. The van der Waals surface area contributed by atoms with Crippen molar-refractivity contribution in [3.63, 3.8) is 0 Å². The van der Waals surface area contributed by atoms with Gasteiger partial charge in [-0.15, -0.1) is 0 Å². The normalized spacial score (nSPS) is 22.4. The Morgan fingerprint density at radius 3 is 2.94 bits per heavy atom. The second-order valence-corrected chi connectivity index (χ2v) is 3.77. The zero-order chi connectivity index (χ0) is 12.5. The maximum Gasteiger partial charge on any atom is 0.142 e. The number of nitrogens with zero attached hydrogens (tertiary/aromatic N) is 1. The Morgan fingerprint density at radius 1 is 1.47 bits per heavy atom. The van der Waals surface area contributed by atoms with Gasteiger partial charge in [-0.05, 0) is 37.4 Å². The second kappa shape index (κ2) is 7.68. The molecule has 0 spiro atoms. The summed E-state index contributed by atoms with van der Waals surface area (Å²) in [5.41, 5.74) is 0. The van der Waals surface area contributed by atoms with Crippen molar-refractivity contribution in [2.24, 2.45) is 0 Å². The lowest BCUT2D eigenvalue weighted by Gasteiger charge is -2.32. The van der Waals surface area contributed by atoms with E-state index in [0.717, 1.165) is 26.0 Å². The van der Waals surface area contributed by atoms with Gasteiger partial charge in [-0.1, -0.05) is 0 Å². The van der Waals surface area contributed by atoms with Crippen LogP contribution in [0.2, 0.25) is 0 Å². The molecule has 0 unspecified atom stereocenters. The van der Waals surface area contributed by atoms with Crippen molar-refractivity contribution in [3.05, 3.63) is 36.3 Å². The van der Waals surface area contributed by atoms with Crippen molar-refractivity contribution in [2.75, 3.05) is 26.9 Å². The van der Waals surface area contributed by atoms with Crippen molar-refractivity contribution in [2.45, 2.75) is 13.0 Å². The molecule has 1 atom stereocenters. The number of carbonyl (C=O) groups excluding carboxylic acids is 1. The molecule has 4 nitrogen and oxygen atoms in total. The van der Waals surface area contributed by atoms with E-state index in [-0.39, 0.29) is 0 Å². The molecule has 1 fully saturated rings. The molecule has 0 radical (unpaired) electrons. The zero-order valence-electron chi connectivity index (χ0n) is 10.3. The van der Waals surface area contributed by atoms with E-state index >= 15 is 0 Å². The summed E-state index contributed by atoms with van der Waals surface area (Å²) in [7, 11) is 1.58. The number of ether oxygens (including phenoxy) is 2. The molecule has 4 heteroatoms. The summed E-state index contributed by atoms with van der Waals surface area (Å²) >= 11 is 0. The fourth-order valence-corrected chi connectivity index (χ4v) is 1.54. The van der Waals surface area contributed by atoms with Gasteiger partial charge in [0.15, 0.2) is 0 Å². The van der Waals surface area contributed by atoms with Crippen LogP contribution in [0, 0.1) is 0 Å². The van der Waals surface area contributed by atoms with E-state index in [4.69, 9.17) is 9.47 Å². The summed E-state index contributed by atoms with van der Waals surface area (Å²) in [6, 6.07) is 0.393. The molecule has 0 saturated carbocycles. The van der Waals surface area contributed by atoms with E-state index in [0.29, 0.717) is 11.8 Å². The molecule has 1 rings (SSSR count). The monoisotopic (exact) mass is 237 g/mol. The van der Waals surface area contributed by atoms with E-state index < -0.39 is 0 Å². The Kier molecular flexibility index (Phi) is 6.10. The maximum atomic E-state index is 10.2. The minimum atomic E-state index is 0.393. The minimum Gasteiger partial charge on any atom is -0.497 e. The van der Waals surface area contributed by atoms with Gasteiger partial charge in [-0.3, -0.25) is 4.79 Å². The van der Waals surface area contributed by atoms with Crippen molar-refractivity contribution in [1.82, 2.24) is 4.90 Å². The number of methoxy groups -OCH3 is 1. The highest BCUT2D eigenvalue weighted by Gasteiger charge is 2.14. The molecular formula is C13H19NO3. The number of hydrogen-bond donors (Lipinski definition) is 0. The van der Waals surface area contributed by atoms with E-state index in [2.05, 4.69) is 11.8 Å². The average molecular weight is 237 g/mol. The molecule has 1 aliphatic rings. The van der Waals surface area contributed by atoms with Crippen LogP contribution in [0.25, 0.3) is 0 Å². The molecule has 1 saturated heterocycles. The topological polar surface area (TPSA) is 38.8 Å². The van der Waals surface area contributed by atoms with Crippen LogP contribution in [0.3, 0.4) is 0 Å². The second-order valence-electron chi connectivity index (χ2n) is 3.77. The van der Waals surface area contributed by atoms with Crippen LogP contribution in [-0.4, -0.2) is 44.1 Å². The summed E-state index contributed by atoms with van der Waals surface area (Å²) < 4.78 is 10.4. The van der Waals surface area contributed by atoms with E-state index in [1.165, 1.54) is 6.08 Å². The molecule has 0 amide bonds. The number of allylic oxidation sites excluding steroid dienone is 4. The van der Waals surface area contributed by atoms with Crippen LogP contribution in [0.1, 0.15) is 6.92 Å². The molecule has 0 bridgehead atoms. The lowest BCUT2D eigenvalue weighted by atomic mass is 10.2. The van der Waals surface area contributed by atoms with Crippen LogP contribution >= 0.6 is 0 Å². The Balaban J connectivity index is 2.53. The molecule has 94 valence electrons. The fourth-order valence-electron chi connectivity index (χ4n) is 1.54. The summed E-state index contributed by atoms with van der Waals surface area (Å²) in [5, 5.41) is 0. The van der Waals surface area contributed by atoms with Crippen molar-refractivity contribution < 1.29 is 14.3 Å². The van der Waals surface area contributed by atoms with Crippen LogP contribution in [0.15, 0.2) is 36.3 Å². The standard InChI is InChI=1S/C13H19NO3/c1-12-11-17-10-8-14(12)7-3-5-13(16-2)6-4-9-15/h3-7,9,12H,8,10-11H2,1-2H3/b6-4+,7-3-,13-5+/t12-/m0/s1. The quantitative estimate of drug-likeness (QED) is 0.314. The first-order chi connectivity index (χ1) is 8.27. The van der Waals surface area contributed by atoms with Crippen molar-refractivity contribution in [3.8, 4) is 0 Å². The molecule has 0 aromatic heterocycles. The highest BCUT2D eigenvalue weighted by Crippen LogP contribution is 2.07. The molecule has 0 N–H and O–H groups in total. The zero-order valence-corrected chi connectivity index (χ0v) is 10.3. The summed E-state index contributed by atoms with van der Waals surface area (Å²) in [5.74, 6) is 0.647. The summed E-state index contributed by atoms with van der Waals surface area (Å²) in [6.07, 6.45) is 9.50. The number of morpholine rings is 1.